The average molecular weight is 1120 g/mol. The van der Waals surface area contributed by atoms with Gasteiger partial charge in [0.15, 0.2) is 6.10 Å². The molecule has 0 N–H and O–H groups in total. The van der Waals surface area contributed by atoms with E-state index in [-0.39, 0.29) is 31.6 Å². The number of rotatable bonds is 59. The average Bonchev–Trinajstić information content (AvgIpc) is 3.47. The van der Waals surface area contributed by atoms with Crippen LogP contribution in [0.4, 0.5) is 0 Å². The monoisotopic (exact) mass is 1120 g/mol. The summed E-state index contributed by atoms with van der Waals surface area (Å²) in [4.78, 5) is 38.4. The van der Waals surface area contributed by atoms with E-state index in [1.54, 1.807) is 0 Å². The number of unbranched alkanes of at least 4 members (excludes halogenated alkanes) is 24. The highest BCUT2D eigenvalue weighted by Gasteiger charge is 2.19. The highest BCUT2D eigenvalue weighted by atomic mass is 16.6. The second-order valence-corrected chi connectivity index (χ2v) is 21.6. The predicted octanol–water partition coefficient (Wildman–Crippen LogP) is 23.1. The van der Waals surface area contributed by atoms with Crippen molar-refractivity contribution in [3.05, 3.63) is 146 Å². The number of ether oxygens (including phenoxy) is 3. The van der Waals surface area contributed by atoms with Crippen LogP contribution < -0.4 is 0 Å². The van der Waals surface area contributed by atoms with Gasteiger partial charge < -0.3 is 14.2 Å². The summed E-state index contributed by atoms with van der Waals surface area (Å²) in [5.74, 6) is -1.02. The normalized spacial score (nSPS) is 13.1. The summed E-state index contributed by atoms with van der Waals surface area (Å²) < 4.78 is 16.9. The maximum atomic E-state index is 12.9. The first-order valence-corrected chi connectivity index (χ1v) is 33.3. The van der Waals surface area contributed by atoms with Crippen molar-refractivity contribution in [3.8, 4) is 0 Å². The maximum Gasteiger partial charge on any atom is 0.306 e. The molecular formula is C75H122O6. The standard InChI is InChI=1S/C75H122O6/c1-4-7-10-13-16-19-22-25-28-31-34-35-36-37-38-39-42-44-47-50-53-56-59-62-65-68-74(77)80-71-72(81-75(78)69-66-63-60-57-54-51-48-45-41-33-30-27-24-21-18-15-12-9-6-3)70-79-73(76)67-64-61-58-55-52-49-46-43-40-32-29-26-23-20-17-14-11-8-5-2/h9,12,17-18,20-22,25-27,29-31,34,36-37,40-41,43,45,51,54,60,63,72H,4-8,10-11,13-16,19,23-24,28,32-33,35,38-39,42,44,46-50,52-53,55-59,61-62,64-71H2,1-3H3/b12-9-,20-17-,21-18-,25-22-,29-26-,30-27-,34-31-,37-36-,43-40-,45-41-,54-51-,63-60-. The van der Waals surface area contributed by atoms with Crippen molar-refractivity contribution in [1.29, 1.82) is 0 Å². The molecule has 0 aliphatic heterocycles. The van der Waals surface area contributed by atoms with Crippen LogP contribution in [0.3, 0.4) is 0 Å². The minimum Gasteiger partial charge on any atom is -0.462 e. The molecule has 0 aliphatic rings. The van der Waals surface area contributed by atoms with Gasteiger partial charge in [-0.3, -0.25) is 14.4 Å². The van der Waals surface area contributed by atoms with E-state index >= 15 is 0 Å². The van der Waals surface area contributed by atoms with Gasteiger partial charge in [-0.15, -0.1) is 0 Å². The molecule has 1 atom stereocenters. The van der Waals surface area contributed by atoms with Crippen LogP contribution >= 0.6 is 0 Å². The van der Waals surface area contributed by atoms with Crippen molar-refractivity contribution in [2.24, 2.45) is 0 Å². The first-order chi connectivity index (χ1) is 40.0. The van der Waals surface area contributed by atoms with Crippen LogP contribution in [0.1, 0.15) is 290 Å². The summed E-state index contributed by atoms with van der Waals surface area (Å²) in [6.07, 6.45) is 97.2. The Hall–Kier alpha value is -4.71. The Labute approximate surface area is 499 Å². The largest absolute Gasteiger partial charge is 0.462 e. The molecule has 0 spiro atoms. The third kappa shape index (κ3) is 66.0. The number of hydrogen-bond donors (Lipinski definition) is 0. The van der Waals surface area contributed by atoms with Gasteiger partial charge in [0, 0.05) is 19.3 Å². The van der Waals surface area contributed by atoms with E-state index in [0.29, 0.717) is 19.3 Å². The Balaban J connectivity index is 4.50. The van der Waals surface area contributed by atoms with E-state index in [2.05, 4.69) is 161 Å². The van der Waals surface area contributed by atoms with Crippen LogP contribution in [0, 0.1) is 0 Å². The van der Waals surface area contributed by atoms with Gasteiger partial charge in [0.2, 0.25) is 0 Å². The quantitative estimate of drug-likeness (QED) is 0.0261. The maximum absolute atomic E-state index is 12.9. The zero-order valence-electron chi connectivity index (χ0n) is 52.5. The predicted molar refractivity (Wildman–Crippen MR) is 352 cm³/mol. The van der Waals surface area contributed by atoms with Crippen molar-refractivity contribution < 1.29 is 28.6 Å². The van der Waals surface area contributed by atoms with Crippen molar-refractivity contribution >= 4 is 17.9 Å². The Bertz CT molecular complexity index is 1760. The van der Waals surface area contributed by atoms with Crippen molar-refractivity contribution in [1.82, 2.24) is 0 Å². The first-order valence-electron chi connectivity index (χ1n) is 33.3. The van der Waals surface area contributed by atoms with Gasteiger partial charge in [0.1, 0.15) is 13.2 Å². The Morgan fingerprint density at radius 3 is 0.827 bits per heavy atom. The Morgan fingerprint density at radius 2 is 0.506 bits per heavy atom. The fraction of sp³-hybridized carbons (Fsp3) is 0.640. The van der Waals surface area contributed by atoms with Gasteiger partial charge in [-0.1, -0.05) is 282 Å². The van der Waals surface area contributed by atoms with Gasteiger partial charge >= 0.3 is 17.9 Å². The van der Waals surface area contributed by atoms with Gasteiger partial charge in [0.05, 0.1) is 0 Å². The van der Waals surface area contributed by atoms with Crippen LogP contribution in [-0.2, 0) is 28.6 Å². The first kappa shape index (κ1) is 76.3. The summed E-state index contributed by atoms with van der Waals surface area (Å²) >= 11 is 0. The summed E-state index contributed by atoms with van der Waals surface area (Å²) in [5.41, 5.74) is 0. The summed E-state index contributed by atoms with van der Waals surface area (Å²) in [5, 5.41) is 0. The molecule has 0 saturated carbocycles. The highest BCUT2D eigenvalue weighted by Crippen LogP contribution is 2.15. The number of carbonyl (C=O) groups excluding carboxylic acids is 3. The fourth-order valence-electron chi connectivity index (χ4n) is 8.84. The Kier molecular flexibility index (Phi) is 63.9. The Morgan fingerprint density at radius 1 is 0.259 bits per heavy atom. The number of hydrogen-bond acceptors (Lipinski definition) is 6. The van der Waals surface area contributed by atoms with E-state index in [9.17, 15) is 14.4 Å². The van der Waals surface area contributed by atoms with Crippen LogP contribution in [0.15, 0.2) is 146 Å². The number of allylic oxidation sites excluding steroid dienone is 24. The highest BCUT2D eigenvalue weighted by molar-refractivity contribution is 5.71. The van der Waals surface area contributed by atoms with Gasteiger partial charge in [-0.05, 0) is 135 Å². The third-order valence-electron chi connectivity index (χ3n) is 13.8. The summed E-state index contributed by atoms with van der Waals surface area (Å²) in [6, 6.07) is 0. The topological polar surface area (TPSA) is 78.9 Å². The van der Waals surface area contributed by atoms with Crippen LogP contribution in [-0.4, -0.2) is 37.2 Å². The minimum atomic E-state index is -0.834. The van der Waals surface area contributed by atoms with Crippen molar-refractivity contribution in [2.45, 2.75) is 297 Å². The van der Waals surface area contributed by atoms with Crippen LogP contribution in [0.25, 0.3) is 0 Å². The lowest BCUT2D eigenvalue weighted by Crippen LogP contribution is -2.30. The minimum absolute atomic E-state index is 0.119. The van der Waals surface area contributed by atoms with Crippen LogP contribution in [0.5, 0.6) is 0 Å². The molecular weight excluding hydrogens is 997 g/mol. The molecule has 0 aromatic carbocycles. The molecule has 0 saturated heterocycles. The van der Waals surface area contributed by atoms with E-state index < -0.39 is 12.1 Å². The molecule has 1 unspecified atom stereocenters. The van der Waals surface area contributed by atoms with Gasteiger partial charge in [-0.25, -0.2) is 0 Å². The zero-order valence-corrected chi connectivity index (χ0v) is 52.5. The molecule has 0 fully saturated rings. The molecule has 0 aromatic rings. The SMILES string of the molecule is CC/C=C\C/C=C\C/C=C\C/C=C\C/C=C\C/C=C\CCC(=O)OC(COC(=O)CCCCCCCC/C=C\C/C=C\C/C=C\CCCCC)COC(=O)CCCCCCCCCCCC/C=C\C/C=C\C/C=C\CCCCCCC. The third-order valence-corrected chi connectivity index (χ3v) is 13.8. The molecule has 0 aliphatic carbocycles. The number of carbonyl (C=O) groups is 3. The second kappa shape index (κ2) is 67.8. The molecule has 81 heavy (non-hydrogen) atoms. The lowest BCUT2D eigenvalue weighted by molar-refractivity contribution is -0.166. The van der Waals surface area contributed by atoms with Crippen molar-refractivity contribution in [2.75, 3.05) is 13.2 Å². The molecule has 6 nitrogen and oxygen atoms in total. The lowest BCUT2D eigenvalue weighted by Gasteiger charge is -2.18. The molecule has 0 heterocycles. The van der Waals surface area contributed by atoms with E-state index in [1.165, 1.54) is 128 Å². The van der Waals surface area contributed by atoms with E-state index in [0.717, 1.165) is 116 Å². The molecule has 0 bridgehead atoms. The van der Waals surface area contributed by atoms with Gasteiger partial charge in [0.25, 0.3) is 0 Å². The van der Waals surface area contributed by atoms with Crippen LogP contribution in [0.2, 0.25) is 0 Å². The molecule has 0 rings (SSSR count). The van der Waals surface area contributed by atoms with E-state index in [4.69, 9.17) is 14.2 Å². The molecule has 0 radical (unpaired) electrons. The second-order valence-electron chi connectivity index (χ2n) is 21.6. The molecule has 6 heteroatoms. The number of esters is 3. The summed E-state index contributed by atoms with van der Waals surface area (Å²) in [7, 11) is 0. The molecule has 0 amide bonds. The fourth-order valence-corrected chi connectivity index (χ4v) is 8.84. The van der Waals surface area contributed by atoms with Gasteiger partial charge in [-0.2, -0.15) is 0 Å². The smallest absolute Gasteiger partial charge is 0.306 e. The zero-order chi connectivity index (χ0) is 58.5. The van der Waals surface area contributed by atoms with Crippen molar-refractivity contribution in [3.63, 3.8) is 0 Å². The van der Waals surface area contributed by atoms with E-state index in [1.807, 2.05) is 6.08 Å². The summed E-state index contributed by atoms with van der Waals surface area (Å²) in [6.45, 7) is 6.42. The molecule has 458 valence electrons. The molecule has 0 aromatic heterocycles. The lowest BCUT2D eigenvalue weighted by atomic mass is 10.1.